The molecule has 4 nitrogen and oxygen atoms in total. The van der Waals surface area contributed by atoms with Gasteiger partial charge in [-0.15, -0.1) is 11.3 Å². The van der Waals surface area contributed by atoms with Crippen LogP contribution in [0.3, 0.4) is 0 Å². The molecule has 3 aromatic rings. The Hall–Kier alpha value is -1.66. The van der Waals surface area contributed by atoms with Crippen molar-refractivity contribution in [3.63, 3.8) is 0 Å². The summed E-state index contributed by atoms with van der Waals surface area (Å²) in [5.74, 6) is 1.00. The monoisotopic (exact) mass is 349 g/mol. The molecule has 0 fully saturated rings. The van der Waals surface area contributed by atoms with Gasteiger partial charge in [0.1, 0.15) is 0 Å². The van der Waals surface area contributed by atoms with Crippen molar-refractivity contribution in [1.29, 1.82) is 0 Å². The molecule has 0 amide bonds. The smallest absolute Gasteiger partial charge is 0.261 e. The summed E-state index contributed by atoms with van der Waals surface area (Å²) in [4.78, 5) is 5.55. The van der Waals surface area contributed by atoms with Gasteiger partial charge in [-0.05, 0) is 37.6 Å². The highest BCUT2D eigenvalue weighted by Gasteiger charge is 2.16. The molecule has 0 aliphatic heterocycles. The fraction of sp³-hybridized carbons (Fsp3) is 0.143. The predicted octanol–water partition coefficient (Wildman–Crippen LogP) is 4.43. The Labute approximate surface area is 128 Å². The normalized spacial score (nSPS) is 10.9. The number of nitrogen functional groups attached to an aromatic ring is 1. The van der Waals surface area contributed by atoms with E-state index in [0.29, 0.717) is 16.7 Å². The number of aryl methyl sites for hydroxylation is 2. The SMILES string of the molecule is Cc1ccc(-c2noc(-c3cc(C)sc3N)n2)c(Br)c1. The first-order valence-electron chi connectivity index (χ1n) is 6.01. The van der Waals surface area contributed by atoms with Crippen molar-refractivity contribution in [3.05, 3.63) is 39.2 Å². The summed E-state index contributed by atoms with van der Waals surface area (Å²) in [6, 6.07) is 7.96. The van der Waals surface area contributed by atoms with Gasteiger partial charge in [-0.2, -0.15) is 4.98 Å². The van der Waals surface area contributed by atoms with Crippen molar-refractivity contribution in [2.24, 2.45) is 0 Å². The Morgan fingerprint density at radius 3 is 2.65 bits per heavy atom. The zero-order chi connectivity index (χ0) is 14.3. The molecule has 0 unspecified atom stereocenters. The second-order valence-corrected chi connectivity index (χ2v) is 6.68. The van der Waals surface area contributed by atoms with Crippen molar-refractivity contribution >= 4 is 32.3 Å². The molecule has 0 atom stereocenters. The van der Waals surface area contributed by atoms with Gasteiger partial charge in [-0.25, -0.2) is 0 Å². The molecule has 102 valence electrons. The fourth-order valence-electron chi connectivity index (χ4n) is 1.94. The third kappa shape index (κ3) is 2.36. The molecule has 0 bridgehead atoms. The van der Waals surface area contributed by atoms with Crippen LogP contribution in [0.4, 0.5) is 5.00 Å². The van der Waals surface area contributed by atoms with E-state index >= 15 is 0 Å². The van der Waals surface area contributed by atoms with E-state index in [1.54, 1.807) is 0 Å². The minimum absolute atomic E-state index is 0.453. The van der Waals surface area contributed by atoms with Gasteiger partial charge >= 0.3 is 0 Å². The molecule has 0 spiro atoms. The van der Waals surface area contributed by atoms with Gasteiger partial charge < -0.3 is 10.3 Å². The summed E-state index contributed by atoms with van der Waals surface area (Å²) < 4.78 is 6.27. The van der Waals surface area contributed by atoms with Crippen molar-refractivity contribution in [1.82, 2.24) is 10.1 Å². The van der Waals surface area contributed by atoms with Crippen LogP contribution in [0.1, 0.15) is 10.4 Å². The van der Waals surface area contributed by atoms with Crippen molar-refractivity contribution in [3.8, 4) is 22.8 Å². The number of halogens is 1. The van der Waals surface area contributed by atoms with Gasteiger partial charge in [-0.1, -0.05) is 27.2 Å². The van der Waals surface area contributed by atoms with Crippen molar-refractivity contribution in [2.75, 3.05) is 5.73 Å². The highest BCUT2D eigenvalue weighted by Crippen LogP contribution is 2.34. The van der Waals surface area contributed by atoms with E-state index in [4.69, 9.17) is 10.3 Å². The lowest BCUT2D eigenvalue weighted by atomic mass is 10.1. The number of nitrogens with zero attached hydrogens (tertiary/aromatic N) is 2. The molecule has 2 aromatic heterocycles. The summed E-state index contributed by atoms with van der Waals surface area (Å²) in [5.41, 5.74) is 8.82. The van der Waals surface area contributed by atoms with Gasteiger partial charge in [0.05, 0.1) is 10.6 Å². The molecule has 0 aliphatic carbocycles. The zero-order valence-electron chi connectivity index (χ0n) is 11.0. The molecule has 0 radical (unpaired) electrons. The maximum Gasteiger partial charge on any atom is 0.261 e. The van der Waals surface area contributed by atoms with Crippen molar-refractivity contribution < 1.29 is 4.52 Å². The third-order valence-corrected chi connectivity index (χ3v) is 4.44. The average Bonchev–Trinajstić information content (AvgIpc) is 2.96. The van der Waals surface area contributed by atoms with Gasteiger partial charge in [0.15, 0.2) is 0 Å². The Morgan fingerprint density at radius 2 is 2.00 bits per heavy atom. The average molecular weight is 350 g/mol. The largest absolute Gasteiger partial charge is 0.390 e. The maximum atomic E-state index is 5.95. The van der Waals surface area contributed by atoms with Gasteiger partial charge in [0.25, 0.3) is 5.89 Å². The van der Waals surface area contributed by atoms with Gasteiger partial charge in [-0.3, -0.25) is 0 Å². The van der Waals surface area contributed by atoms with Gasteiger partial charge in [0.2, 0.25) is 5.82 Å². The highest BCUT2D eigenvalue weighted by molar-refractivity contribution is 9.10. The van der Waals surface area contributed by atoms with E-state index in [-0.39, 0.29) is 0 Å². The number of benzene rings is 1. The van der Waals surface area contributed by atoms with Crippen LogP contribution in [0.15, 0.2) is 33.3 Å². The molecule has 0 aliphatic rings. The van der Waals surface area contributed by atoms with E-state index in [1.807, 2.05) is 38.1 Å². The predicted molar refractivity (Wildman–Crippen MR) is 84.6 cm³/mol. The Morgan fingerprint density at radius 1 is 1.20 bits per heavy atom. The summed E-state index contributed by atoms with van der Waals surface area (Å²) in [7, 11) is 0. The maximum absolute atomic E-state index is 5.95. The number of nitrogens with two attached hydrogens (primary N) is 1. The first-order chi connectivity index (χ1) is 9.54. The summed E-state index contributed by atoms with van der Waals surface area (Å²) in [6.45, 7) is 4.03. The van der Waals surface area contributed by atoms with E-state index in [2.05, 4.69) is 26.1 Å². The first-order valence-corrected chi connectivity index (χ1v) is 7.62. The molecule has 3 rings (SSSR count). The first kappa shape index (κ1) is 13.3. The lowest BCUT2D eigenvalue weighted by molar-refractivity contribution is 0.432. The Kier molecular flexibility index (Phi) is 3.35. The topological polar surface area (TPSA) is 64.9 Å². The minimum atomic E-state index is 0.453. The highest BCUT2D eigenvalue weighted by atomic mass is 79.9. The van der Waals surface area contributed by atoms with Crippen LogP contribution in [0.25, 0.3) is 22.8 Å². The molecule has 2 N–H and O–H groups in total. The number of hydrogen-bond acceptors (Lipinski definition) is 5. The number of rotatable bonds is 2. The molecule has 0 saturated carbocycles. The summed E-state index contributed by atoms with van der Waals surface area (Å²) in [6.07, 6.45) is 0. The van der Waals surface area contributed by atoms with Crippen LogP contribution in [0.2, 0.25) is 0 Å². The Balaban J connectivity index is 2.04. The zero-order valence-corrected chi connectivity index (χ0v) is 13.4. The minimum Gasteiger partial charge on any atom is -0.390 e. The number of thiophene rings is 1. The van der Waals surface area contributed by atoms with Crippen LogP contribution < -0.4 is 5.73 Å². The third-order valence-electron chi connectivity index (χ3n) is 2.91. The molecule has 1 aromatic carbocycles. The summed E-state index contributed by atoms with van der Waals surface area (Å²) in [5, 5.41) is 4.73. The second-order valence-electron chi connectivity index (χ2n) is 4.54. The van der Waals surface area contributed by atoms with Crippen LogP contribution in [0.5, 0.6) is 0 Å². The van der Waals surface area contributed by atoms with Crippen molar-refractivity contribution in [2.45, 2.75) is 13.8 Å². The van der Waals surface area contributed by atoms with E-state index < -0.39 is 0 Å². The molecule has 6 heteroatoms. The molecular formula is C14H12BrN3OS. The lowest BCUT2D eigenvalue weighted by Gasteiger charge is -1.99. The number of aromatic nitrogens is 2. The van der Waals surface area contributed by atoms with Crippen LogP contribution in [0, 0.1) is 13.8 Å². The standard InChI is InChI=1S/C14H12BrN3OS/c1-7-3-4-9(11(15)5-7)13-17-14(19-18-13)10-6-8(2)20-12(10)16/h3-6H,16H2,1-2H3. The van der Waals surface area contributed by atoms with E-state index in [0.717, 1.165) is 20.5 Å². The van der Waals surface area contributed by atoms with Crippen LogP contribution >= 0.6 is 27.3 Å². The quantitative estimate of drug-likeness (QED) is 0.743. The lowest BCUT2D eigenvalue weighted by Crippen LogP contribution is -1.85. The number of anilines is 1. The fourth-order valence-corrected chi connectivity index (χ4v) is 3.39. The van der Waals surface area contributed by atoms with Crippen LogP contribution in [-0.2, 0) is 0 Å². The molecule has 0 saturated heterocycles. The number of hydrogen-bond donors (Lipinski definition) is 1. The van der Waals surface area contributed by atoms with E-state index in [9.17, 15) is 0 Å². The van der Waals surface area contributed by atoms with E-state index in [1.165, 1.54) is 16.9 Å². The molecular weight excluding hydrogens is 338 g/mol. The molecule has 20 heavy (non-hydrogen) atoms. The van der Waals surface area contributed by atoms with Gasteiger partial charge in [0, 0.05) is 14.9 Å². The second kappa shape index (κ2) is 5.03. The Bertz CT molecular complexity index is 779. The van der Waals surface area contributed by atoms with Crippen LogP contribution in [-0.4, -0.2) is 10.1 Å². The summed E-state index contributed by atoms with van der Waals surface area (Å²) >= 11 is 5.04. The molecule has 2 heterocycles.